The predicted octanol–water partition coefficient (Wildman–Crippen LogP) is 12.6. The maximum absolute atomic E-state index is 13.4. The van der Waals surface area contributed by atoms with Crippen molar-refractivity contribution in [3.05, 3.63) is 0 Å². The summed E-state index contributed by atoms with van der Waals surface area (Å²) in [6.45, 7) is 4.55. The van der Waals surface area contributed by atoms with E-state index in [0.717, 1.165) is 38.5 Å². The third kappa shape index (κ3) is 23.9. The van der Waals surface area contributed by atoms with E-state index in [1.807, 2.05) is 21.1 Å². The van der Waals surface area contributed by atoms with Gasteiger partial charge in [-0.05, 0) is 12.8 Å². The SMILES string of the molecule is CCCCCCCCCCCCCCCCCC(=O)C(O)(C(=O)CCCCCCCCCCCCCCCCC)C([PH-])[N+](C)(C)C. The van der Waals surface area contributed by atoms with Crippen LogP contribution in [0.25, 0.3) is 0 Å². The van der Waals surface area contributed by atoms with Crippen molar-refractivity contribution in [2.45, 2.75) is 231 Å². The molecule has 46 heavy (non-hydrogen) atoms. The molecule has 5 heteroatoms. The minimum absolute atomic E-state index is 0.278. The molecule has 0 rings (SSSR count). The smallest absolute Gasteiger partial charge is 0.204 e. The fourth-order valence-electron chi connectivity index (χ4n) is 6.72. The lowest BCUT2D eigenvalue weighted by molar-refractivity contribution is -0.885. The number of aliphatic hydroxyl groups is 1. The van der Waals surface area contributed by atoms with E-state index in [1.165, 1.54) is 154 Å². The predicted molar refractivity (Wildman–Crippen MR) is 204 cm³/mol. The zero-order valence-corrected chi connectivity index (χ0v) is 32.9. The van der Waals surface area contributed by atoms with Gasteiger partial charge < -0.3 is 18.8 Å². The molecule has 0 aromatic heterocycles. The summed E-state index contributed by atoms with van der Waals surface area (Å²) in [6, 6.07) is 0. The Balaban J connectivity index is 4.15. The summed E-state index contributed by atoms with van der Waals surface area (Å²) in [7, 11) is 9.40. The van der Waals surface area contributed by atoms with Crippen molar-refractivity contribution in [2.24, 2.45) is 0 Å². The molecule has 0 bridgehead atoms. The number of unbranched alkanes of at least 4 members (excludes halogenated alkanes) is 28. The van der Waals surface area contributed by atoms with Crippen LogP contribution in [0.3, 0.4) is 0 Å². The first-order valence-corrected chi connectivity index (χ1v) is 21.0. The highest BCUT2D eigenvalue weighted by Crippen LogP contribution is 2.30. The Morgan fingerprint density at radius 1 is 0.457 bits per heavy atom. The molecule has 0 fully saturated rings. The maximum Gasteiger partial charge on any atom is 0.204 e. The second-order valence-corrected chi connectivity index (χ2v) is 16.1. The van der Waals surface area contributed by atoms with Crippen molar-refractivity contribution in [1.82, 2.24) is 0 Å². The molecule has 4 nitrogen and oxygen atoms in total. The molecule has 0 saturated carbocycles. The van der Waals surface area contributed by atoms with Crippen LogP contribution in [0.5, 0.6) is 0 Å². The number of hydrogen-bond acceptors (Lipinski definition) is 3. The Morgan fingerprint density at radius 3 is 0.848 bits per heavy atom. The highest BCUT2D eigenvalue weighted by molar-refractivity contribution is 7.17. The van der Waals surface area contributed by atoms with E-state index in [1.54, 1.807) is 0 Å². The molecule has 0 radical (unpaired) electrons. The largest absolute Gasteiger partial charge is 0.488 e. The van der Waals surface area contributed by atoms with Crippen LogP contribution in [0.1, 0.15) is 219 Å². The molecule has 0 aromatic carbocycles. The van der Waals surface area contributed by atoms with Crippen molar-refractivity contribution in [2.75, 3.05) is 21.1 Å². The second-order valence-electron chi connectivity index (χ2n) is 15.5. The first-order chi connectivity index (χ1) is 22.1. The summed E-state index contributed by atoms with van der Waals surface area (Å²) < 4.78 is 0.308. The third-order valence-corrected chi connectivity index (χ3v) is 11.2. The molecule has 0 aliphatic heterocycles. The number of hydrogen-bond donors (Lipinski definition) is 1. The molecule has 0 amide bonds. The van der Waals surface area contributed by atoms with Gasteiger partial charge in [-0.15, -0.1) is 0 Å². The molecule has 1 N–H and O–H groups in total. The van der Waals surface area contributed by atoms with Gasteiger partial charge in [0.2, 0.25) is 5.60 Å². The third-order valence-electron chi connectivity index (χ3n) is 10.0. The van der Waals surface area contributed by atoms with Gasteiger partial charge in [-0.1, -0.05) is 194 Å². The average molecular weight is 668 g/mol. The van der Waals surface area contributed by atoms with Crippen LogP contribution in [0.4, 0.5) is 0 Å². The van der Waals surface area contributed by atoms with E-state index in [9.17, 15) is 14.7 Å². The zero-order chi connectivity index (χ0) is 34.4. The summed E-state index contributed by atoms with van der Waals surface area (Å²) in [6.07, 6.45) is 38.8. The lowest BCUT2D eigenvalue weighted by Gasteiger charge is -2.46. The fourth-order valence-corrected chi connectivity index (χ4v) is 7.04. The molecule has 0 spiro atoms. The van der Waals surface area contributed by atoms with Crippen LogP contribution in [0, 0.1) is 0 Å². The summed E-state index contributed by atoms with van der Waals surface area (Å²) >= 11 is 0. The van der Waals surface area contributed by atoms with Crippen LogP contribution in [-0.2, 0) is 9.59 Å². The number of Topliss-reactive ketones (excluding diaryl/α,β-unsaturated/α-hetero) is 2. The molecule has 0 saturated heterocycles. The molecule has 0 heterocycles. The first-order valence-electron chi connectivity index (χ1n) is 20.4. The number of quaternary nitrogens is 1. The maximum atomic E-state index is 13.4. The normalized spacial score (nSPS) is 12.9. The van der Waals surface area contributed by atoms with Gasteiger partial charge in [0.15, 0.2) is 11.6 Å². The number of carbonyl (C=O) groups is 2. The number of rotatable bonds is 36. The molecule has 0 aromatic rings. The highest BCUT2D eigenvalue weighted by Gasteiger charge is 2.48. The van der Waals surface area contributed by atoms with Crippen molar-refractivity contribution in [3.63, 3.8) is 0 Å². The monoisotopic (exact) mass is 668 g/mol. The summed E-state index contributed by atoms with van der Waals surface area (Å²) in [5.74, 6) is -1.26. The zero-order valence-electron chi connectivity index (χ0n) is 31.9. The van der Waals surface area contributed by atoms with Gasteiger partial charge in [0.25, 0.3) is 0 Å². The number of nitrogens with zero attached hydrogens (tertiary/aromatic N) is 1. The summed E-state index contributed by atoms with van der Waals surface area (Å²) in [4.78, 5) is 26.8. The molecular formula is C41H82NO3P. The Kier molecular flexibility index (Phi) is 30.5. The topological polar surface area (TPSA) is 54.4 Å². The second kappa shape index (κ2) is 30.7. The van der Waals surface area contributed by atoms with Gasteiger partial charge in [-0.2, -0.15) is 0 Å². The van der Waals surface area contributed by atoms with Crippen molar-refractivity contribution in [1.29, 1.82) is 0 Å². The highest BCUT2D eigenvalue weighted by atomic mass is 31.0. The first kappa shape index (κ1) is 45.7. The van der Waals surface area contributed by atoms with Crippen LogP contribution in [0.2, 0.25) is 0 Å². The molecule has 1 unspecified atom stereocenters. The van der Waals surface area contributed by atoms with E-state index in [2.05, 4.69) is 23.1 Å². The van der Waals surface area contributed by atoms with Crippen molar-refractivity contribution in [3.8, 4) is 0 Å². The minimum Gasteiger partial charge on any atom is -0.488 e. The molecule has 1 atom stereocenters. The Bertz CT molecular complexity index is 658. The summed E-state index contributed by atoms with van der Waals surface area (Å²) in [5, 5.41) is 11.6. The van der Waals surface area contributed by atoms with E-state index in [0.29, 0.717) is 4.48 Å². The lowest BCUT2D eigenvalue weighted by atomic mass is 9.85. The van der Waals surface area contributed by atoms with Gasteiger partial charge in [0, 0.05) is 18.6 Å². The number of ketones is 2. The lowest BCUT2D eigenvalue weighted by Crippen LogP contribution is -2.63. The van der Waals surface area contributed by atoms with Gasteiger partial charge in [-0.25, -0.2) is 0 Å². The molecule has 0 aliphatic rings. The number of likely N-dealkylation sites (N-methyl/N-ethyl adjacent to an activating group) is 1. The van der Waals surface area contributed by atoms with Gasteiger partial charge in [0.05, 0.1) is 21.1 Å². The van der Waals surface area contributed by atoms with Gasteiger partial charge >= 0.3 is 0 Å². The van der Waals surface area contributed by atoms with E-state index >= 15 is 0 Å². The van der Waals surface area contributed by atoms with Gasteiger partial charge in [0.1, 0.15) is 0 Å². The molecular weight excluding hydrogens is 585 g/mol. The van der Waals surface area contributed by atoms with Crippen LogP contribution in [-0.4, -0.2) is 53.7 Å². The number of carbonyl (C=O) groups excluding carboxylic acids is 2. The van der Waals surface area contributed by atoms with Crippen molar-refractivity contribution >= 4 is 20.8 Å². The Morgan fingerprint density at radius 2 is 0.652 bits per heavy atom. The molecule has 0 aliphatic carbocycles. The van der Waals surface area contributed by atoms with Gasteiger partial charge in [-0.3, -0.25) is 9.59 Å². The molecule has 274 valence electrons. The minimum atomic E-state index is -1.96. The average Bonchev–Trinajstić information content (AvgIpc) is 3.03. The van der Waals surface area contributed by atoms with E-state index in [-0.39, 0.29) is 24.4 Å². The Hall–Kier alpha value is -0.310. The van der Waals surface area contributed by atoms with Crippen molar-refractivity contribution < 1.29 is 19.2 Å². The standard InChI is InChI=1S/C41H82NO3P/c1-6-8-10-12-14-16-18-20-22-24-26-28-30-32-34-36-38(43)41(45,40(46)42(3,4)5)39(44)37-35-33-31-29-27-25-23-21-19-17-15-13-11-9-7-2/h40,45-46H,6-37H2,1-5H3. The quantitative estimate of drug-likeness (QED) is 0.0313. The summed E-state index contributed by atoms with van der Waals surface area (Å²) in [5.41, 5.74) is -1.96. The van der Waals surface area contributed by atoms with E-state index < -0.39 is 11.4 Å². The Labute approximate surface area is 291 Å². The van der Waals surface area contributed by atoms with Crippen LogP contribution in [0.15, 0.2) is 0 Å². The fraction of sp³-hybridized carbons (Fsp3) is 0.951. The van der Waals surface area contributed by atoms with Crippen LogP contribution >= 0.6 is 9.24 Å². The van der Waals surface area contributed by atoms with Crippen LogP contribution < -0.4 is 0 Å². The van der Waals surface area contributed by atoms with E-state index in [4.69, 9.17) is 0 Å².